The zero-order chi connectivity index (χ0) is 9.90. The van der Waals surface area contributed by atoms with E-state index in [1.807, 2.05) is 0 Å². The van der Waals surface area contributed by atoms with Gasteiger partial charge in [0.25, 0.3) is 0 Å². The molecule has 1 radical (unpaired) electrons. The predicted octanol–water partition coefficient (Wildman–Crippen LogP) is 2.30. The number of benzene rings is 1. The zero-order valence-corrected chi connectivity index (χ0v) is 7.17. The van der Waals surface area contributed by atoms with Crippen LogP contribution in [0.4, 0.5) is 13.2 Å². The van der Waals surface area contributed by atoms with Gasteiger partial charge < -0.3 is 5.32 Å². The van der Waals surface area contributed by atoms with Crippen LogP contribution in [-0.4, -0.2) is 5.49 Å². The first-order valence-electron chi connectivity index (χ1n) is 3.35. The average molecular weight is 204 g/mol. The molecule has 1 aromatic carbocycles. The van der Waals surface area contributed by atoms with Gasteiger partial charge in [0, 0.05) is 0 Å². The lowest BCUT2D eigenvalue weighted by Gasteiger charge is -2.15. The van der Waals surface area contributed by atoms with Crippen molar-refractivity contribution < 1.29 is 13.2 Å². The minimum Gasteiger partial charge on any atom is -0.311 e. The van der Waals surface area contributed by atoms with Crippen LogP contribution in [0.25, 0.3) is 0 Å². The number of halogens is 3. The van der Waals surface area contributed by atoms with Crippen molar-refractivity contribution in [3.63, 3.8) is 0 Å². The van der Waals surface area contributed by atoms with Gasteiger partial charge in [-0.25, -0.2) is 4.39 Å². The van der Waals surface area contributed by atoms with Crippen molar-refractivity contribution in [1.29, 1.82) is 0 Å². The monoisotopic (exact) mass is 204 g/mol. The Morgan fingerprint density at radius 1 is 1.31 bits per heavy atom. The normalized spacial score (nSPS) is 11.0. The Labute approximate surface area is 78.6 Å². The average Bonchev–Trinajstić information content (AvgIpc) is 2.04. The fourth-order valence-corrected chi connectivity index (χ4v) is 0.975. The molecule has 5 heteroatoms. The number of rotatable bonds is 3. The molecular formula is C8H5F3NS. The van der Waals surface area contributed by atoms with Gasteiger partial charge in [0.1, 0.15) is 11.3 Å². The summed E-state index contributed by atoms with van der Waals surface area (Å²) in [6.45, 7) is 0. The molecule has 0 aliphatic rings. The zero-order valence-electron chi connectivity index (χ0n) is 6.35. The van der Waals surface area contributed by atoms with Gasteiger partial charge in [-0.1, -0.05) is 24.4 Å². The Kier molecular flexibility index (Phi) is 2.87. The Morgan fingerprint density at radius 3 is 2.46 bits per heavy atom. The van der Waals surface area contributed by atoms with E-state index in [0.29, 0.717) is 0 Å². The molecule has 0 aliphatic carbocycles. The molecule has 0 heterocycles. The van der Waals surface area contributed by atoms with E-state index in [1.54, 1.807) is 5.49 Å². The molecule has 0 spiro atoms. The minimum absolute atomic E-state index is 0.743. The Hall–Kier alpha value is -1.10. The van der Waals surface area contributed by atoms with Gasteiger partial charge in [0.05, 0.1) is 5.56 Å². The van der Waals surface area contributed by atoms with Crippen LogP contribution in [0.2, 0.25) is 0 Å². The van der Waals surface area contributed by atoms with Crippen molar-refractivity contribution >= 4 is 17.7 Å². The second kappa shape index (κ2) is 3.74. The Bertz CT molecular complexity index is 314. The molecule has 0 unspecified atom stereocenters. The molecule has 0 bridgehead atoms. The maximum Gasteiger partial charge on any atom is 0.353 e. The van der Waals surface area contributed by atoms with Crippen LogP contribution in [0.5, 0.6) is 0 Å². The van der Waals surface area contributed by atoms with Gasteiger partial charge in [0.2, 0.25) is 0 Å². The summed E-state index contributed by atoms with van der Waals surface area (Å²) in [5.41, 5.74) is 0.907. The molecule has 1 nitrogen and oxygen atoms in total. The third kappa shape index (κ3) is 2.18. The SMILES string of the molecule is Fc1ccccc1C(F)(F)N[C]=S. The Morgan fingerprint density at radius 2 is 1.92 bits per heavy atom. The summed E-state index contributed by atoms with van der Waals surface area (Å²) in [5.74, 6) is -0.981. The highest BCUT2D eigenvalue weighted by molar-refractivity contribution is 7.78. The highest BCUT2D eigenvalue weighted by Crippen LogP contribution is 2.26. The number of hydrogen-bond donors (Lipinski definition) is 1. The predicted molar refractivity (Wildman–Crippen MR) is 46.0 cm³/mol. The molecule has 0 saturated carbocycles. The van der Waals surface area contributed by atoms with E-state index in [9.17, 15) is 13.2 Å². The van der Waals surface area contributed by atoms with Crippen molar-refractivity contribution in [1.82, 2.24) is 5.32 Å². The molecule has 69 valence electrons. The van der Waals surface area contributed by atoms with Crippen molar-refractivity contribution in [2.75, 3.05) is 0 Å². The first-order chi connectivity index (χ1) is 6.08. The van der Waals surface area contributed by atoms with E-state index in [4.69, 9.17) is 0 Å². The quantitative estimate of drug-likeness (QED) is 0.460. The smallest absolute Gasteiger partial charge is 0.311 e. The topological polar surface area (TPSA) is 12.0 Å². The van der Waals surface area contributed by atoms with Crippen LogP contribution in [0.15, 0.2) is 24.3 Å². The van der Waals surface area contributed by atoms with E-state index in [-0.39, 0.29) is 0 Å². The minimum atomic E-state index is -3.51. The molecule has 1 aromatic rings. The first kappa shape index (κ1) is 9.98. The lowest BCUT2D eigenvalue weighted by atomic mass is 10.2. The third-order valence-electron chi connectivity index (χ3n) is 1.42. The maximum atomic E-state index is 12.9. The second-order valence-electron chi connectivity index (χ2n) is 2.28. The lowest BCUT2D eigenvalue weighted by Crippen LogP contribution is -2.32. The fourth-order valence-electron chi connectivity index (χ4n) is 0.847. The second-order valence-corrected chi connectivity index (χ2v) is 2.49. The number of thiocarbonyl (C=S) groups is 1. The van der Waals surface area contributed by atoms with Gasteiger partial charge in [-0.05, 0) is 12.1 Å². The molecule has 1 N–H and O–H groups in total. The van der Waals surface area contributed by atoms with Crippen molar-refractivity contribution in [3.8, 4) is 0 Å². The summed E-state index contributed by atoms with van der Waals surface area (Å²) < 4.78 is 38.7. The summed E-state index contributed by atoms with van der Waals surface area (Å²) in [7, 11) is 0. The maximum absolute atomic E-state index is 12.9. The summed E-state index contributed by atoms with van der Waals surface area (Å²) in [6.07, 6.45) is 0. The van der Waals surface area contributed by atoms with Crippen LogP contribution in [0.1, 0.15) is 5.56 Å². The summed E-state index contributed by atoms with van der Waals surface area (Å²) in [6, 6.07) is 1.07. The van der Waals surface area contributed by atoms with E-state index in [0.717, 1.165) is 12.1 Å². The number of nitrogens with one attached hydrogen (secondary N) is 1. The molecule has 0 saturated heterocycles. The standard InChI is InChI=1S/C8H5F3NS/c9-7-4-2-1-3-6(7)8(10,11)12-5-13/h1-4H,(H,12,13). The molecule has 13 heavy (non-hydrogen) atoms. The van der Waals surface area contributed by atoms with Gasteiger partial charge in [-0.3, -0.25) is 0 Å². The van der Waals surface area contributed by atoms with Crippen LogP contribution in [-0.2, 0) is 6.05 Å². The molecule has 0 aromatic heterocycles. The largest absolute Gasteiger partial charge is 0.353 e. The first-order valence-corrected chi connectivity index (χ1v) is 3.76. The number of alkyl halides is 2. The van der Waals surface area contributed by atoms with Gasteiger partial charge in [0.15, 0.2) is 0 Å². The molecule has 0 amide bonds. The fraction of sp³-hybridized carbons (Fsp3) is 0.125. The third-order valence-corrected chi connectivity index (χ3v) is 1.52. The summed E-state index contributed by atoms with van der Waals surface area (Å²) >= 11 is 4.08. The number of hydrogen-bond acceptors (Lipinski definition) is 1. The van der Waals surface area contributed by atoms with E-state index < -0.39 is 17.4 Å². The summed E-state index contributed by atoms with van der Waals surface area (Å²) in [5, 5.41) is 1.47. The van der Waals surface area contributed by atoms with Gasteiger partial charge in [-0.2, -0.15) is 8.78 Å². The van der Waals surface area contributed by atoms with Crippen LogP contribution >= 0.6 is 12.2 Å². The lowest BCUT2D eigenvalue weighted by molar-refractivity contribution is -0.0223. The molecule has 0 aliphatic heterocycles. The highest BCUT2D eigenvalue weighted by Gasteiger charge is 2.33. The van der Waals surface area contributed by atoms with Gasteiger partial charge in [-0.15, -0.1) is 0 Å². The van der Waals surface area contributed by atoms with Crippen LogP contribution < -0.4 is 5.32 Å². The van der Waals surface area contributed by atoms with Crippen molar-refractivity contribution in [3.05, 3.63) is 35.6 Å². The molecular weight excluding hydrogens is 199 g/mol. The van der Waals surface area contributed by atoms with Crippen LogP contribution in [0.3, 0.4) is 0 Å². The molecule has 0 fully saturated rings. The van der Waals surface area contributed by atoms with Crippen molar-refractivity contribution in [2.45, 2.75) is 6.05 Å². The highest BCUT2D eigenvalue weighted by atomic mass is 32.1. The summed E-state index contributed by atoms with van der Waals surface area (Å²) in [4.78, 5) is 0. The molecule has 0 atom stereocenters. The molecule has 1 rings (SSSR count). The van der Waals surface area contributed by atoms with Crippen LogP contribution in [0, 0.1) is 5.82 Å². The van der Waals surface area contributed by atoms with E-state index in [2.05, 4.69) is 12.2 Å². The van der Waals surface area contributed by atoms with E-state index in [1.165, 1.54) is 17.4 Å². The van der Waals surface area contributed by atoms with Gasteiger partial charge >= 0.3 is 6.05 Å². The van der Waals surface area contributed by atoms with Crippen molar-refractivity contribution in [2.24, 2.45) is 0 Å². The Balaban J connectivity index is 3.06. The van der Waals surface area contributed by atoms with E-state index >= 15 is 0 Å².